The van der Waals surface area contributed by atoms with E-state index in [-0.39, 0.29) is 12.7 Å². The van der Waals surface area contributed by atoms with E-state index in [2.05, 4.69) is 16.4 Å². The van der Waals surface area contributed by atoms with Gasteiger partial charge >= 0.3 is 0 Å². The first-order valence-corrected chi connectivity index (χ1v) is 9.00. The topological polar surface area (TPSA) is 76.4 Å². The molecule has 0 fully saturated rings. The molecule has 28 heavy (non-hydrogen) atoms. The van der Waals surface area contributed by atoms with E-state index in [9.17, 15) is 5.26 Å². The van der Waals surface area contributed by atoms with Crippen molar-refractivity contribution >= 4 is 17.3 Å². The van der Waals surface area contributed by atoms with Gasteiger partial charge in [0.2, 0.25) is 5.88 Å². The normalized spacial score (nSPS) is 12.4. The highest BCUT2D eigenvalue weighted by Gasteiger charge is 2.17. The predicted molar refractivity (Wildman–Crippen MR) is 105 cm³/mol. The molecule has 0 saturated carbocycles. The fraction of sp³-hybridized carbons (Fsp3) is 0.143. The summed E-state index contributed by atoms with van der Waals surface area (Å²) >= 11 is 6.23. The molecule has 0 unspecified atom stereocenters. The molecular weight excluding hydrogens is 378 g/mol. The van der Waals surface area contributed by atoms with Crippen LogP contribution >= 0.6 is 11.6 Å². The molecule has 3 aromatic rings. The van der Waals surface area contributed by atoms with Crippen LogP contribution in [0.15, 0.2) is 54.7 Å². The number of nitrogens with one attached hydrogen (secondary N) is 1. The van der Waals surface area contributed by atoms with Crippen molar-refractivity contribution < 1.29 is 14.2 Å². The number of para-hydroxylation sites is 2. The molecule has 6 nitrogen and oxygen atoms in total. The van der Waals surface area contributed by atoms with E-state index in [4.69, 9.17) is 25.8 Å². The molecule has 0 spiro atoms. The van der Waals surface area contributed by atoms with E-state index in [0.29, 0.717) is 29.5 Å². The van der Waals surface area contributed by atoms with Gasteiger partial charge in [-0.1, -0.05) is 23.7 Å². The molecule has 2 aromatic carbocycles. The number of nitrogens with zero attached hydrogens (tertiary/aromatic N) is 2. The van der Waals surface area contributed by atoms with Crippen LogP contribution in [0.5, 0.6) is 17.4 Å². The van der Waals surface area contributed by atoms with E-state index < -0.39 is 0 Å². The Hall–Kier alpha value is -3.27. The van der Waals surface area contributed by atoms with Crippen LogP contribution in [0.4, 0.5) is 5.69 Å². The zero-order valence-corrected chi connectivity index (χ0v) is 15.6. The summed E-state index contributed by atoms with van der Waals surface area (Å²) in [6, 6.07) is 16.6. The van der Waals surface area contributed by atoms with E-state index in [0.717, 1.165) is 22.6 Å². The molecule has 1 aromatic heterocycles. The van der Waals surface area contributed by atoms with Crippen LogP contribution in [0, 0.1) is 11.3 Å². The average molecular weight is 394 g/mol. The highest BCUT2D eigenvalue weighted by molar-refractivity contribution is 6.30. The minimum absolute atomic E-state index is 0.220. The van der Waals surface area contributed by atoms with Crippen LogP contribution in [0.25, 0.3) is 0 Å². The van der Waals surface area contributed by atoms with Crippen molar-refractivity contribution in [2.24, 2.45) is 0 Å². The van der Waals surface area contributed by atoms with Gasteiger partial charge in [-0.25, -0.2) is 4.98 Å². The van der Waals surface area contributed by atoms with Crippen molar-refractivity contribution in [1.29, 1.82) is 5.26 Å². The molecule has 0 aliphatic carbocycles. The smallest absolute Gasteiger partial charge is 0.237 e. The summed E-state index contributed by atoms with van der Waals surface area (Å²) in [5, 5.41) is 13.2. The first kappa shape index (κ1) is 18.1. The van der Waals surface area contributed by atoms with Gasteiger partial charge in [0, 0.05) is 28.9 Å². The summed E-state index contributed by atoms with van der Waals surface area (Å²) in [4.78, 5) is 4.15. The number of benzene rings is 2. The molecule has 0 saturated heterocycles. The van der Waals surface area contributed by atoms with Crippen LogP contribution in [-0.4, -0.2) is 11.8 Å². The maximum Gasteiger partial charge on any atom is 0.237 e. The van der Waals surface area contributed by atoms with E-state index >= 15 is 0 Å². The highest BCUT2D eigenvalue weighted by Crippen LogP contribution is 2.34. The molecule has 1 aliphatic rings. The molecule has 0 radical (unpaired) electrons. The molecule has 0 bridgehead atoms. The lowest BCUT2D eigenvalue weighted by Gasteiger charge is -2.22. The average Bonchev–Trinajstić information content (AvgIpc) is 2.73. The van der Waals surface area contributed by atoms with Crippen LogP contribution < -0.4 is 14.8 Å². The second-order valence-electron chi connectivity index (χ2n) is 6.08. The molecule has 1 N–H and O–H groups in total. The lowest BCUT2D eigenvalue weighted by molar-refractivity contribution is -0.0169. The van der Waals surface area contributed by atoms with Gasteiger partial charge < -0.3 is 19.5 Å². The van der Waals surface area contributed by atoms with Gasteiger partial charge in [0.25, 0.3) is 0 Å². The van der Waals surface area contributed by atoms with Gasteiger partial charge in [-0.2, -0.15) is 5.26 Å². The standard InChI is InChI=1S/C21H16ClN3O3/c22-17-8-15(20-16(9-17)12-26-13-27-20)11-25-18-5-1-2-6-19(18)28-21-14(10-23)4-3-7-24-21/h1-9,25H,11-13H2. The van der Waals surface area contributed by atoms with Gasteiger partial charge in [0.1, 0.15) is 17.4 Å². The minimum Gasteiger partial charge on any atom is -0.467 e. The third-order valence-electron chi connectivity index (χ3n) is 4.21. The maximum atomic E-state index is 9.23. The Morgan fingerprint density at radius 2 is 2.11 bits per heavy atom. The molecule has 0 amide bonds. The van der Waals surface area contributed by atoms with Gasteiger partial charge in [0.05, 0.1) is 12.3 Å². The Kier molecular flexibility index (Phi) is 5.29. The van der Waals surface area contributed by atoms with Gasteiger partial charge in [-0.15, -0.1) is 0 Å². The van der Waals surface area contributed by atoms with Crippen molar-refractivity contribution in [1.82, 2.24) is 4.98 Å². The Balaban J connectivity index is 1.57. The molecule has 4 rings (SSSR count). The van der Waals surface area contributed by atoms with Crippen molar-refractivity contribution in [3.8, 4) is 23.4 Å². The number of halogens is 1. The number of nitriles is 1. The number of anilines is 1. The second kappa shape index (κ2) is 8.17. The van der Waals surface area contributed by atoms with Crippen molar-refractivity contribution in [3.63, 3.8) is 0 Å². The maximum absolute atomic E-state index is 9.23. The monoisotopic (exact) mass is 393 g/mol. The van der Waals surface area contributed by atoms with Crippen molar-refractivity contribution in [3.05, 3.63) is 76.4 Å². The Morgan fingerprint density at radius 3 is 3.00 bits per heavy atom. The number of rotatable bonds is 5. The van der Waals surface area contributed by atoms with Crippen molar-refractivity contribution in [2.75, 3.05) is 12.1 Å². The predicted octanol–water partition coefficient (Wildman–Crippen LogP) is 4.88. The zero-order valence-electron chi connectivity index (χ0n) is 14.8. The van der Waals surface area contributed by atoms with E-state index in [1.165, 1.54) is 0 Å². The summed E-state index contributed by atoms with van der Waals surface area (Å²) in [6.45, 7) is 1.17. The number of fused-ring (bicyclic) bond motifs is 1. The number of hydrogen-bond donors (Lipinski definition) is 1. The summed E-state index contributed by atoms with van der Waals surface area (Å²) in [6.07, 6.45) is 1.59. The quantitative estimate of drug-likeness (QED) is 0.665. The van der Waals surface area contributed by atoms with Crippen LogP contribution in [-0.2, 0) is 17.9 Å². The number of hydrogen-bond acceptors (Lipinski definition) is 6. The minimum atomic E-state index is 0.220. The lowest BCUT2D eigenvalue weighted by atomic mass is 10.1. The molecular formula is C21H16ClN3O3. The van der Waals surface area contributed by atoms with E-state index in [1.54, 1.807) is 18.3 Å². The zero-order chi connectivity index (χ0) is 19.3. The van der Waals surface area contributed by atoms with Crippen LogP contribution in [0.2, 0.25) is 5.02 Å². The SMILES string of the molecule is N#Cc1cccnc1Oc1ccccc1NCc1cc(Cl)cc2c1OCOC2. The summed E-state index contributed by atoms with van der Waals surface area (Å²) < 4.78 is 16.9. The van der Waals surface area contributed by atoms with E-state index in [1.807, 2.05) is 36.4 Å². The Labute approximate surface area is 167 Å². The third-order valence-corrected chi connectivity index (χ3v) is 4.42. The first-order chi connectivity index (χ1) is 13.7. The fourth-order valence-corrected chi connectivity index (χ4v) is 3.20. The highest BCUT2D eigenvalue weighted by atomic mass is 35.5. The third kappa shape index (κ3) is 3.86. The Morgan fingerprint density at radius 1 is 1.21 bits per heavy atom. The molecule has 1 aliphatic heterocycles. The van der Waals surface area contributed by atoms with Crippen LogP contribution in [0.3, 0.4) is 0 Å². The summed E-state index contributed by atoms with van der Waals surface area (Å²) in [7, 11) is 0. The summed E-state index contributed by atoms with van der Waals surface area (Å²) in [5.41, 5.74) is 2.98. The molecule has 7 heteroatoms. The number of pyridine rings is 1. The largest absolute Gasteiger partial charge is 0.467 e. The Bertz CT molecular complexity index is 1050. The van der Waals surface area contributed by atoms with Crippen LogP contribution in [0.1, 0.15) is 16.7 Å². The second-order valence-corrected chi connectivity index (χ2v) is 6.52. The van der Waals surface area contributed by atoms with Gasteiger partial charge in [0.15, 0.2) is 12.5 Å². The number of aromatic nitrogens is 1. The van der Waals surface area contributed by atoms with Gasteiger partial charge in [-0.3, -0.25) is 0 Å². The van der Waals surface area contributed by atoms with Gasteiger partial charge in [-0.05, 0) is 36.4 Å². The molecule has 140 valence electrons. The molecule has 2 heterocycles. The number of ether oxygens (including phenoxy) is 3. The fourth-order valence-electron chi connectivity index (χ4n) is 2.94. The molecule has 0 atom stereocenters. The first-order valence-electron chi connectivity index (χ1n) is 8.62. The van der Waals surface area contributed by atoms with Crippen molar-refractivity contribution in [2.45, 2.75) is 13.2 Å². The lowest BCUT2D eigenvalue weighted by Crippen LogP contribution is -2.14. The summed E-state index contributed by atoms with van der Waals surface area (Å²) in [5.74, 6) is 1.62.